The number of benzene rings is 1. The average Bonchev–Trinajstić information content (AvgIpc) is 3.07. The number of aromatic nitrogens is 3. The number of H-pyrrole nitrogens is 1. The lowest BCUT2D eigenvalue weighted by molar-refractivity contribution is 0.547. The van der Waals surface area contributed by atoms with E-state index in [-0.39, 0.29) is 11.5 Å². The average molecular weight is 323 g/mol. The lowest BCUT2D eigenvalue weighted by atomic mass is 10.00. The quantitative estimate of drug-likeness (QED) is 0.607. The van der Waals surface area contributed by atoms with Crippen molar-refractivity contribution in [3.8, 4) is 0 Å². The third kappa shape index (κ3) is 2.15. The first-order valence-corrected chi connectivity index (χ1v) is 8.40. The molecule has 124 valence electrons. The summed E-state index contributed by atoms with van der Waals surface area (Å²) in [4.78, 5) is 16.5. The molecule has 0 aliphatic rings. The van der Waals surface area contributed by atoms with Crippen LogP contribution in [0, 0.1) is 5.92 Å². The van der Waals surface area contributed by atoms with Crippen molar-refractivity contribution in [2.45, 2.75) is 40.2 Å². The lowest BCUT2D eigenvalue weighted by Gasteiger charge is -2.10. The zero-order chi connectivity index (χ0) is 17.0. The van der Waals surface area contributed by atoms with E-state index in [1.165, 1.54) is 0 Å². The van der Waals surface area contributed by atoms with Crippen LogP contribution in [-0.2, 0) is 6.42 Å². The molecule has 0 unspecified atom stereocenters. The van der Waals surface area contributed by atoms with Crippen LogP contribution in [0.2, 0.25) is 0 Å². The highest BCUT2D eigenvalue weighted by atomic mass is 16.3. The molecule has 1 N–H and O–H groups in total. The van der Waals surface area contributed by atoms with Gasteiger partial charge in [0.05, 0.1) is 0 Å². The summed E-state index contributed by atoms with van der Waals surface area (Å²) in [6.45, 7) is 8.64. The fourth-order valence-electron chi connectivity index (χ4n) is 3.34. The molecule has 0 saturated carbocycles. The summed E-state index contributed by atoms with van der Waals surface area (Å²) < 4.78 is 8.13. The van der Waals surface area contributed by atoms with Crippen LogP contribution in [-0.4, -0.2) is 14.8 Å². The SMILES string of the molecule is CC(C)Cc1c2c[nH]n(C(C)C)c2nc2c1oc1cc(=O)ccc12. The highest BCUT2D eigenvalue weighted by Gasteiger charge is 2.20. The molecule has 0 spiro atoms. The third-order valence-electron chi connectivity index (χ3n) is 4.40. The first-order chi connectivity index (χ1) is 11.5. The molecular formula is C19H21N3O2. The molecule has 5 nitrogen and oxygen atoms in total. The number of fused-ring (bicyclic) bond motifs is 4. The molecule has 0 fully saturated rings. The molecule has 0 bridgehead atoms. The minimum Gasteiger partial charge on any atom is -0.454 e. The molecule has 0 radical (unpaired) electrons. The second-order valence-electron chi connectivity index (χ2n) is 7.10. The Labute approximate surface area is 139 Å². The summed E-state index contributed by atoms with van der Waals surface area (Å²) in [7, 11) is 0. The van der Waals surface area contributed by atoms with Crippen LogP contribution < -0.4 is 5.43 Å². The van der Waals surface area contributed by atoms with Gasteiger partial charge in [0.25, 0.3) is 0 Å². The van der Waals surface area contributed by atoms with E-state index in [0.29, 0.717) is 11.5 Å². The maximum absolute atomic E-state index is 11.7. The second kappa shape index (κ2) is 5.23. The Morgan fingerprint density at radius 3 is 2.71 bits per heavy atom. The van der Waals surface area contributed by atoms with Crippen LogP contribution in [0.1, 0.15) is 39.3 Å². The van der Waals surface area contributed by atoms with Crippen LogP contribution in [0.25, 0.3) is 33.1 Å². The smallest absolute Gasteiger partial charge is 0.182 e. The monoisotopic (exact) mass is 323 g/mol. The molecule has 4 aromatic rings. The Kier molecular flexibility index (Phi) is 3.27. The first kappa shape index (κ1) is 15.0. The summed E-state index contributed by atoms with van der Waals surface area (Å²) in [6, 6.07) is 5.21. The van der Waals surface area contributed by atoms with Gasteiger partial charge in [-0.1, -0.05) is 13.8 Å². The predicted octanol–water partition coefficient (Wildman–Crippen LogP) is 4.40. The molecule has 0 amide bonds. The van der Waals surface area contributed by atoms with Gasteiger partial charge in [0.2, 0.25) is 0 Å². The number of hydrogen-bond acceptors (Lipinski definition) is 3. The van der Waals surface area contributed by atoms with E-state index in [4.69, 9.17) is 9.40 Å². The molecule has 3 aromatic heterocycles. The van der Waals surface area contributed by atoms with E-state index < -0.39 is 0 Å². The van der Waals surface area contributed by atoms with E-state index in [9.17, 15) is 4.79 Å². The molecule has 1 aromatic carbocycles. The predicted molar refractivity (Wildman–Crippen MR) is 96.6 cm³/mol. The maximum atomic E-state index is 11.7. The second-order valence-corrected chi connectivity index (χ2v) is 7.10. The van der Waals surface area contributed by atoms with E-state index in [1.54, 1.807) is 12.1 Å². The zero-order valence-corrected chi connectivity index (χ0v) is 14.4. The largest absolute Gasteiger partial charge is 0.454 e. The van der Waals surface area contributed by atoms with Crippen molar-refractivity contribution < 1.29 is 4.42 Å². The van der Waals surface area contributed by atoms with Crippen LogP contribution >= 0.6 is 0 Å². The van der Waals surface area contributed by atoms with Gasteiger partial charge in [-0.2, -0.15) is 0 Å². The van der Waals surface area contributed by atoms with Gasteiger partial charge >= 0.3 is 0 Å². The molecule has 0 saturated heterocycles. The molecule has 0 aliphatic carbocycles. The summed E-state index contributed by atoms with van der Waals surface area (Å²) in [5, 5.41) is 5.30. The first-order valence-electron chi connectivity index (χ1n) is 8.40. The van der Waals surface area contributed by atoms with Crippen molar-refractivity contribution in [2.24, 2.45) is 5.92 Å². The van der Waals surface area contributed by atoms with Crippen LogP contribution in [0.15, 0.2) is 33.6 Å². The number of nitrogens with zero attached hydrogens (tertiary/aromatic N) is 2. The van der Waals surface area contributed by atoms with Gasteiger partial charge in [0.15, 0.2) is 16.7 Å². The number of pyridine rings is 1. The molecule has 24 heavy (non-hydrogen) atoms. The third-order valence-corrected chi connectivity index (χ3v) is 4.40. The van der Waals surface area contributed by atoms with Gasteiger partial charge in [0.1, 0.15) is 11.1 Å². The molecule has 4 rings (SSSR count). The summed E-state index contributed by atoms with van der Waals surface area (Å²) in [5.74, 6) is 0.490. The Bertz CT molecular complexity index is 1110. The number of furan rings is 1. The number of aromatic amines is 1. The highest BCUT2D eigenvalue weighted by Crippen LogP contribution is 2.34. The fraction of sp³-hybridized carbons (Fsp3) is 0.368. The summed E-state index contributed by atoms with van der Waals surface area (Å²) in [5.41, 5.74) is 4.29. The molecule has 5 heteroatoms. The molecule has 0 aliphatic heterocycles. The number of hydrogen-bond donors (Lipinski definition) is 1. The van der Waals surface area contributed by atoms with Crippen molar-refractivity contribution >= 4 is 33.1 Å². The van der Waals surface area contributed by atoms with Crippen LogP contribution in [0.4, 0.5) is 0 Å². The van der Waals surface area contributed by atoms with Gasteiger partial charge in [0, 0.05) is 34.6 Å². The zero-order valence-electron chi connectivity index (χ0n) is 14.4. The summed E-state index contributed by atoms with van der Waals surface area (Å²) in [6.07, 6.45) is 2.90. The van der Waals surface area contributed by atoms with Gasteiger partial charge in [-0.25, -0.2) is 4.98 Å². The Morgan fingerprint density at radius 1 is 1.21 bits per heavy atom. The van der Waals surface area contributed by atoms with E-state index in [0.717, 1.165) is 39.5 Å². The summed E-state index contributed by atoms with van der Waals surface area (Å²) >= 11 is 0. The number of nitrogens with one attached hydrogen (secondary N) is 1. The fourth-order valence-corrected chi connectivity index (χ4v) is 3.34. The normalized spacial score (nSPS) is 12.4. The van der Waals surface area contributed by atoms with Gasteiger partial charge in [-0.05, 0) is 38.3 Å². The number of rotatable bonds is 3. The van der Waals surface area contributed by atoms with E-state index >= 15 is 0 Å². The molecular weight excluding hydrogens is 302 g/mol. The lowest BCUT2D eigenvalue weighted by Crippen LogP contribution is -2.04. The van der Waals surface area contributed by atoms with Crippen molar-refractivity contribution in [1.29, 1.82) is 0 Å². The molecule has 0 atom stereocenters. The Balaban J connectivity index is 2.18. The van der Waals surface area contributed by atoms with E-state index in [2.05, 4.69) is 37.5 Å². The van der Waals surface area contributed by atoms with Crippen molar-refractivity contribution in [1.82, 2.24) is 14.8 Å². The van der Waals surface area contributed by atoms with Gasteiger partial charge in [-0.3, -0.25) is 9.48 Å². The van der Waals surface area contributed by atoms with Crippen LogP contribution in [0.5, 0.6) is 0 Å². The molecule has 3 heterocycles. The topological polar surface area (TPSA) is 63.8 Å². The van der Waals surface area contributed by atoms with Gasteiger partial charge < -0.3 is 9.52 Å². The van der Waals surface area contributed by atoms with Crippen molar-refractivity contribution in [2.75, 3.05) is 0 Å². The standard InChI is InChI=1S/C19H21N3O2/c1-10(2)7-14-15-9-20-22(11(3)4)19(15)21-17-13-6-5-12(23)8-16(13)24-18(14)17/h5-6,8-11,20H,7H2,1-4H3. The van der Waals surface area contributed by atoms with Gasteiger partial charge in [-0.15, -0.1) is 0 Å². The van der Waals surface area contributed by atoms with Crippen LogP contribution in [0.3, 0.4) is 0 Å². The maximum Gasteiger partial charge on any atom is 0.182 e. The van der Waals surface area contributed by atoms with Crippen molar-refractivity contribution in [3.05, 3.63) is 40.2 Å². The van der Waals surface area contributed by atoms with Crippen molar-refractivity contribution in [3.63, 3.8) is 0 Å². The Hall–Kier alpha value is -2.56. The minimum absolute atomic E-state index is 0.0449. The minimum atomic E-state index is -0.0449. The Morgan fingerprint density at radius 2 is 2.00 bits per heavy atom. The van der Waals surface area contributed by atoms with E-state index in [1.807, 2.05) is 12.3 Å². The highest BCUT2D eigenvalue weighted by molar-refractivity contribution is 6.07.